The van der Waals surface area contributed by atoms with Crippen molar-refractivity contribution in [3.63, 3.8) is 0 Å². The van der Waals surface area contributed by atoms with Crippen LogP contribution in [0.4, 0.5) is 0 Å². The van der Waals surface area contributed by atoms with Crippen LogP contribution in [-0.4, -0.2) is 51.0 Å². The zero-order valence-corrected chi connectivity index (χ0v) is 16.1. The van der Waals surface area contributed by atoms with E-state index in [2.05, 4.69) is 24.1 Å². The maximum Gasteiger partial charge on any atom is 0.161 e. The molecule has 0 aliphatic carbocycles. The van der Waals surface area contributed by atoms with Crippen molar-refractivity contribution < 1.29 is 9.47 Å². The molecule has 5 heteroatoms. The van der Waals surface area contributed by atoms with Crippen LogP contribution < -0.4 is 9.47 Å². The molecule has 0 saturated carbocycles. The highest BCUT2D eigenvalue weighted by atomic mass is 35.5. The molecule has 4 rings (SSSR count). The molecular weight excluding hydrogens is 348 g/mol. The summed E-state index contributed by atoms with van der Waals surface area (Å²) in [5.74, 6) is 1.88. The van der Waals surface area contributed by atoms with Crippen LogP contribution in [-0.2, 0) is 0 Å². The summed E-state index contributed by atoms with van der Waals surface area (Å²) in [7, 11) is 5.53. The molecule has 0 aromatic heterocycles. The summed E-state index contributed by atoms with van der Waals surface area (Å²) >= 11 is 6.08. The monoisotopic (exact) mass is 370 g/mol. The number of halogens is 1. The molecule has 1 saturated heterocycles. The summed E-state index contributed by atoms with van der Waals surface area (Å²) in [6, 6.07) is 12.4. The number of hydrogen-bond donors (Lipinski definition) is 0. The van der Waals surface area contributed by atoms with Gasteiger partial charge in [0.25, 0.3) is 0 Å². The number of rotatable bonds is 3. The molecule has 4 nitrogen and oxygen atoms in total. The first-order valence-corrected chi connectivity index (χ1v) is 9.27. The predicted octanol–water partition coefficient (Wildman–Crippen LogP) is 4.00. The maximum atomic E-state index is 6.08. The lowest BCUT2D eigenvalue weighted by Gasteiger charge is -2.39. The second-order valence-electron chi connectivity index (χ2n) is 7.00. The topological polar surface area (TPSA) is 34.1 Å². The van der Waals surface area contributed by atoms with Crippen molar-refractivity contribution in [2.45, 2.75) is 18.4 Å². The molecule has 0 radical (unpaired) electrons. The average molecular weight is 371 g/mol. The fourth-order valence-corrected chi connectivity index (χ4v) is 4.17. The number of aliphatic imine (C=N–C) groups is 1. The Balaban J connectivity index is 1.89. The Bertz CT molecular complexity index is 848. The highest BCUT2D eigenvalue weighted by Gasteiger charge is 2.36. The maximum absolute atomic E-state index is 6.08. The number of ether oxygens (including phenoxy) is 2. The molecule has 26 heavy (non-hydrogen) atoms. The molecule has 2 atom stereocenters. The van der Waals surface area contributed by atoms with Crippen molar-refractivity contribution in [3.8, 4) is 11.5 Å². The van der Waals surface area contributed by atoms with Gasteiger partial charge in [0.15, 0.2) is 11.5 Å². The summed E-state index contributed by atoms with van der Waals surface area (Å²) < 4.78 is 11.1. The third kappa shape index (κ3) is 2.97. The van der Waals surface area contributed by atoms with E-state index in [9.17, 15) is 0 Å². The van der Waals surface area contributed by atoms with Crippen molar-refractivity contribution in [2.75, 3.05) is 34.4 Å². The third-order valence-corrected chi connectivity index (χ3v) is 5.65. The lowest BCUT2D eigenvalue weighted by atomic mass is 9.79. The van der Waals surface area contributed by atoms with Gasteiger partial charge in [0.1, 0.15) is 0 Å². The Labute approximate surface area is 159 Å². The Hall–Kier alpha value is -2.04. The standard InChI is InChI=1S/C21H23ClN2O2/c1-24-9-8-18-17(12-24)15-10-19(25-2)20(26-3)11-16(15)21(23-18)13-4-6-14(22)7-5-13/h4-7,10-11,17-18H,8-9,12H2,1-3H3/t17-,18-/m1/s1. The molecule has 0 amide bonds. The normalized spacial score (nSPS) is 22.2. The smallest absolute Gasteiger partial charge is 0.161 e. The minimum atomic E-state index is 0.294. The number of likely N-dealkylation sites (tertiary alicyclic amines) is 1. The van der Waals surface area contributed by atoms with Gasteiger partial charge in [-0.2, -0.15) is 0 Å². The van der Waals surface area contributed by atoms with Gasteiger partial charge in [0.05, 0.1) is 26.0 Å². The van der Waals surface area contributed by atoms with E-state index in [1.165, 1.54) is 5.56 Å². The molecule has 0 spiro atoms. The van der Waals surface area contributed by atoms with Crippen molar-refractivity contribution in [3.05, 3.63) is 58.1 Å². The first-order valence-electron chi connectivity index (χ1n) is 8.89. The molecule has 2 aliphatic heterocycles. The van der Waals surface area contributed by atoms with Gasteiger partial charge < -0.3 is 14.4 Å². The van der Waals surface area contributed by atoms with Crippen LogP contribution in [0.15, 0.2) is 41.4 Å². The molecule has 2 heterocycles. The van der Waals surface area contributed by atoms with E-state index in [1.807, 2.05) is 24.3 Å². The second kappa shape index (κ2) is 6.93. The van der Waals surface area contributed by atoms with E-state index in [1.54, 1.807) is 14.2 Å². The van der Waals surface area contributed by atoms with Gasteiger partial charge in [-0.05, 0) is 49.8 Å². The fourth-order valence-electron chi connectivity index (χ4n) is 4.04. The Kier molecular flexibility index (Phi) is 4.63. The van der Waals surface area contributed by atoms with Crippen LogP contribution in [0.25, 0.3) is 0 Å². The first-order chi connectivity index (χ1) is 12.6. The largest absolute Gasteiger partial charge is 0.493 e. The molecule has 2 aromatic carbocycles. The second-order valence-corrected chi connectivity index (χ2v) is 7.44. The number of hydrogen-bond acceptors (Lipinski definition) is 4. The molecule has 0 unspecified atom stereocenters. The van der Waals surface area contributed by atoms with E-state index in [-0.39, 0.29) is 0 Å². The van der Waals surface area contributed by atoms with E-state index in [0.29, 0.717) is 12.0 Å². The van der Waals surface area contributed by atoms with Crippen LogP contribution >= 0.6 is 11.6 Å². The highest BCUT2D eigenvalue weighted by Crippen LogP contribution is 2.42. The van der Waals surface area contributed by atoms with Gasteiger partial charge in [0, 0.05) is 28.6 Å². The van der Waals surface area contributed by atoms with Crippen molar-refractivity contribution >= 4 is 17.3 Å². The minimum absolute atomic E-state index is 0.294. The van der Waals surface area contributed by atoms with Gasteiger partial charge in [-0.15, -0.1) is 0 Å². The van der Waals surface area contributed by atoms with Gasteiger partial charge in [0.2, 0.25) is 0 Å². The lowest BCUT2D eigenvalue weighted by molar-refractivity contribution is 0.227. The molecule has 136 valence electrons. The van der Waals surface area contributed by atoms with Crippen LogP contribution in [0, 0.1) is 0 Å². The molecule has 1 fully saturated rings. The third-order valence-electron chi connectivity index (χ3n) is 5.40. The molecule has 0 bridgehead atoms. The minimum Gasteiger partial charge on any atom is -0.493 e. The number of benzene rings is 2. The Morgan fingerprint density at radius 3 is 2.46 bits per heavy atom. The number of fused-ring (bicyclic) bond motifs is 3. The van der Waals surface area contributed by atoms with Crippen molar-refractivity contribution in [1.29, 1.82) is 0 Å². The molecule has 2 aliphatic rings. The summed E-state index contributed by atoms with van der Waals surface area (Å²) in [5.41, 5.74) is 4.52. The Morgan fingerprint density at radius 2 is 1.77 bits per heavy atom. The molecule has 0 N–H and O–H groups in total. The molecular formula is C21H23ClN2O2. The van der Waals surface area contributed by atoms with Crippen LogP contribution in [0.3, 0.4) is 0 Å². The number of likely N-dealkylation sites (N-methyl/N-ethyl adjacent to an activating group) is 1. The Morgan fingerprint density at radius 1 is 1.08 bits per heavy atom. The quantitative estimate of drug-likeness (QED) is 0.819. The van der Waals surface area contributed by atoms with E-state index >= 15 is 0 Å². The van der Waals surface area contributed by atoms with Crippen LogP contribution in [0.5, 0.6) is 11.5 Å². The lowest BCUT2D eigenvalue weighted by Crippen LogP contribution is -2.41. The highest BCUT2D eigenvalue weighted by molar-refractivity contribution is 6.30. The van der Waals surface area contributed by atoms with E-state index in [4.69, 9.17) is 26.1 Å². The van der Waals surface area contributed by atoms with Crippen LogP contribution in [0.2, 0.25) is 5.02 Å². The predicted molar refractivity (Wildman–Crippen MR) is 105 cm³/mol. The van der Waals surface area contributed by atoms with E-state index in [0.717, 1.165) is 52.9 Å². The average Bonchev–Trinajstić information content (AvgIpc) is 2.67. The van der Waals surface area contributed by atoms with Gasteiger partial charge in [-0.3, -0.25) is 4.99 Å². The van der Waals surface area contributed by atoms with Gasteiger partial charge >= 0.3 is 0 Å². The van der Waals surface area contributed by atoms with Gasteiger partial charge in [-0.1, -0.05) is 23.7 Å². The molecule has 2 aromatic rings. The number of piperidine rings is 1. The number of nitrogens with zero attached hydrogens (tertiary/aromatic N) is 2. The number of methoxy groups -OCH3 is 2. The summed E-state index contributed by atoms with van der Waals surface area (Å²) in [6.45, 7) is 2.08. The SMILES string of the molecule is COc1cc2c(cc1OC)[C@H]1CN(C)CC[C@H]1N=C2c1ccc(Cl)cc1. The first kappa shape index (κ1) is 17.4. The van der Waals surface area contributed by atoms with Crippen molar-refractivity contribution in [2.24, 2.45) is 4.99 Å². The zero-order valence-electron chi connectivity index (χ0n) is 15.3. The summed E-state index contributed by atoms with van der Waals surface area (Å²) in [4.78, 5) is 7.54. The zero-order chi connectivity index (χ0) is 18.3. The summed E-state index contributed by atoms with van der Waals surface area (Å²) in [6.07, 6.45) is 1.06. The summed E-state index contributed by atoms with van der Waals surface area (Å²) in [5, 5.41) is 0.731. The fraction of sp³-hybridized carbons (Fsp3) is 0.381. The van der Waals surface area contributed by atoms with Crippen molar-refractivity contribution in [1.82, 2.24) is 4.90 Å². The van der Waals surface area contributed by atoms with E-state index < -0.39 is 0 Å². The van der Waals surface area contributed by atoms with Gasteiger partial charge in [-0.25, -0.2) is 0 Å². The van der Waals surface area contributed by atoms with Crippen LogP contribution in [0.1, 0.15) is 29.0 Å².